The summed E-state index contributed by atoms with van der Waals surface area (Å²) in [4.78, 5) is 26.8. The highest BCUT2D eigenvalue weighted by molar-refractivity contribution is 5.92. The molecule has 0 aliphatic carbocycles. The summed E-state index contributed by atoms with van der Waals surface area (Å²) in [6.45, 7) is 4.32. The van der Waals surface area contributed by atoms with Crippen LogP contribution in [0.15, 0.2) is 30.6 Å². The zero-order chi connectivity index (χ0) is 22.1. The molecule has 0 unspecified atom stereocenters. The molecule has 2 saturated heterocycles. The third-order valence-corrected chi connectivity index (χ3v) is 6.82. The van der Waals surface area contributed by atoms with E-state index in [1.165, 1.54) is 25.9 Å². The number of nitrogens with zero attached hydrogens (tertiary/aromatic N) is 7. The normalized spacial score (nSPS) is 19.4. The molecule has 5 rings (SSSR count). The summed E-state index contributed by atoms with van der Waals surface area (Å²) in [6.07, 6.45) is 7.86. The van der Waals surface area contributed by atoms with Crippen LogP contribution in [0.3, 0.4) is 0 Å². The van der Waals surface area contributed by atoms with E-state index in [-0.39, 0.29) is 11.8 Å². The van der Waals surface area contributed by atoms with Crippen LogP contribution >= 0.6 is 0 Å². The number of carbonyl (C=O) groups excluding carboxylic acids is 1. The first kappa shape index (κ1) is 21.0. The molecule has 0 atom stereocenters. The second-order valence-corrected chi connectivity index (χ2v) is 9.08. The Kier molecular flexibility index (Phi) is 5.84. The molecule has 2 fully saturated rings. The minimum Gasteiger partial charge on any atom is -0.306 e. The van der Waals surface area contributed by atoms with Crippen molar-refractivity contribution in [2.45, 2.75) is 31.7 Å². The van der Waals surface area contributed by atoms with E-state index in [4.69, 9.17) is 0 Å². The van der Waals surface area contributed by atoms with E-state index in [0.29, 0.717) is 12.0 Å². The molecule has 1 aromatic carbocycles. The number of amides is 1. The monoisotopic (exact) mass is 434 g/mol. The fourth-order valence-corrected chi connectivity index (χ4v) is 4.82. The van der Waals surface area contributed by atoms with Crippen LogP contribution in [0, 0.1) is 5.92 Å². The first-order valence-corrected chi connectivity index (χ1v) is 11.4. The molecule has 2 aliphatic rings. The van der Waals surface area contributed by atoms with Gasteiger partial charge in [-0.05, 0) is 65.0 Å². The molecule has 0 spiro atoms. The molecule has 9 heteroatoms. The van der Waals surface area contributed by atoms with Crippen molar-refractivity contribution in [3.63, 3.8) is 0 Å². The molecule has 9 nitrogen and oxygen atoms in total. The number of aryl methyl sites for hydroxylation is 1. The number of nitrogens with one attached hydrogen (secondary N) is 1. The topological polar surface area (TPSA) is 92.1 Å². The van der Waals surface area contributed by atoms with Gasteiger partial charge in [-0.15, -0.1) is 5.10 Å². The van der Waals surface area contributed by atoms with Gasteiger partial charge in [0.25, 0.3) is 0 Å². The van der Waals surface area contributed by atoms with Crippen LogP contribution in [0.1, 0.15) is 25.7 Å². The third kappa shape index (κ3) is 4.49. The highest BCUT2D eigenvalue weighted by Gasteiger charge is 2.30. The number of carbonyl (C=O) groups is 1. The van der Waals surface area contributed by atoms with Crippen LogP contribution in [0.4, 0.5) is 5.95 Å². The number of piperidine rings is 2. The Morgan fingerprint density at radius 1 is 1.06 bits per heavy atom. The molecular weight excluding hydrogens is 404 g/mol. The summed E-state index contributed by atoms with van der Waals surface area (Å²) in [5.74, 6) is 0.400. The van der Waals surface area contributed by atoms with Crippen LogP contribution in [0.5, 0.6) is 0 Å². The number of anilines is 1. The van der Waals surface area contributed by atoms with Gasteiger partial charge >= 0.3 is 0 Å². The highest BCUT2D eigenvalue weighted by atomic mass is 16.2. The molecule has 168 valence electrons. The van der Waals surface area contributed by atoms with Crippen LogP contribution in [-0.2, 0) is 11.8 Å². The minimum atomic E-state index is 0.0164. The number of rotatable bonds is 4. The average Bonchev–Trinajstić information content (AvgIpc) is 3.25. The van der Waals surface area contributed by atoms with Crippen molar-refractivity contribution < 1.29 is 4.79 Å². The van der Waals surface area contributed by atoms with Crippen LogP contribution in [0.25, 0.3) is 22.2 Å². The maximum atomic E-state index is 12.9. The summed E-state index contributed by atoms with van der Waals surface area (Å²) >= 11 is 0. The Morgan fingerprint density at radius 2 is 1.84 bits per heavy atom. The van der Waals surface area contributed by atoms with E-state index in [2.05, 4.69) is 42.4 Å². The number of fused-ring (bicyclic) bond motifs is 1. The second-order valence-electron chi connectivity index (χ2n) is 9.08. The SMILES string of the molecule is CN1CCC(N2CCC(C(=O)Nc3ncc4ccc(-c5cn(C)nn5)cc4n3)CC2)CC1. The highest BCUT2D eigenvalue weighted by Crippen LogP contribution is 2.25. The summed E-state index contributed by atoms with van der Waals surface area (Å²) in [6, 6.07) is 6.56. The Bertz CT molecular complexity index is 1100. The lowest BCUT2D eigenvalue weighted by molar-refractivity contribution is -0.121. The molecule has 2 aliphatic heterocycles. The van der Waals surface area contributed by atoms with Gasteiger partial charge in [0.05, 0.1) is 11.7 Å². The second kappa shape index (κ2) is 8.91. The van der Waals surface area contributed by atoms with E-state index in [0.717, 1.165) is 48.1 Å². The first-order chi connectivity index (χ1) is 15.5. The van der Waals surface area contributed by atoms with E-state index in [9.17, 15) is 4.79 Å². The summed E-state index contributed by atoms with van der Waals surface area (Å²) in [5, 5.41) is 12.0. The Balaban J connectivity index is 1.22. The summed E-state index contributed by atoms with van der Waals surface area (Å²) in [5.41, 5.74) is 2.49. The van der Waals surface area contributed by atoms with Gasteiger partial charge in [-0.2, -0.15) is 0 Å². The van der Waals surface area contributed by atoms with Gasteiger partial charge in [0.15, 0.2) is 0 Å². The van der Waals surface area contributed by atoms with E-state index in [1.54, 1.807) is 10.9 Å². The van der Waals surface area contributed by atoms with Gasteiger partial charge in [0, 0.05) is 36.2 Å². The van der Waals surface area contributed by atoms with Gasteiger partial charge in [-0.1, -0.05) is 17.3 Å². The number of aromatic nitrogens is 5. The molecule has 0 saturated carbocycles. The molecule has 1 amide bonds. The smallest absolute Gasteiger partial charge is 0.229 e. The van der Waals surface area contributed by atoms with E-state index < -0.39 is 0 Å². The van der Waals surface area contributed by atoms with Crippen molar-refractivity contribution in [1.82, 2.24) is 34.8 Å². The lowest BCUT2D eigenvalue weighted by Crippen LogP contribution is -2.48. The number of likely N-dealkylation sites (tertiary alicyclic amines) is 2. The van der Waals surface area contributed by atoms with Crippen molar-refractivity contribution in [2.75, 3.05) is 38.5 Å². The Hall–Kier alpha value is -2.91. The van der Waals surface area contributed by atoms with Crippen molar-refractivity contribution >= 4 is 22.8 Å². The molecule has 4 heterocycles. The van der Waals surface area contributed by atoms with Gasteiger partial charge in [0.1, 0.15) is 5.69 Å². The fourth-order valence-electron chi connectivity index (χ4n) is 4.82. The van der Waals surface area contributed by atoms with Crippen molar-refractivity contribution in [3.05, 3.63) is 30.6 Å². The van der Waals surface area contributed by atoms with Crippen molar-refractivity contribution in [2.24, 2.45) is 13.0 Å². The predicted molar refractivity (Wildman–Crippen MR) is 123 cm³/mol. The molecule has 0 bridgehead atoms. The molecule has 1 N–H and O–H groups in total. The maximum Gasteiger partial charge on any atom is 0.229 e. The lowest BCUT2D eigenvalue weighted by Gasteiger charge is -2.40. The van der Waals surface area contributed by atoms with Crippen LogP contribution in [-0.4, -0.2) is 79.9 Å². The molecule has 32 heavy (non-hydrogen) atoms. The standard InChI is InChI=1S/C23H30N8O/c1-29-9-7-19(8-10-29)31-11-5-16(6-12-31)22(32)26-23-24-14-18-4-3-17(13-20(18)25-23)21-15-30(2)28-27-21/h3-4,13-16,19H,5-12H2,1-2H3,(H,24,25,26,32). The largest absolute Gasteiger partial charge is 0.306 e. The van der Waals surface area contributed by atoms with E-state index >= 15 is 0 Å². The van der Waals surface area contributed by atoms with Gasteiger partial charge in [-0.3, -0.25) is 14.8 Å². The lowest BCUT2D eigenvalue weighted by atomic mass is 9.93. The molecular formula is C23H30N8O. The van der Waals surface area contributed by atoms with Crippen LogP contribution < -0.4 is 5.32 Å². The van der Waals surface area contributed by atoms with Gasteiger partial charge < -0.3 is 9.80 Å². The Labute approximate surface area is 187 Å². The quantitative estimate of drug-likeness (QED) is 0.673. The van der Waals surface area contributed by atoms with Crippen LogP contribution in [0.2, 0.25) is 0 Å². The van der Waals surface area contributed by atoms with Gasteiger partial charge in [0.2, 0.25) is 11.9 Å². The molecule has 3 aromatic rings. The van der Waals surface area contributed by atoms with Crippen molar-refractivity contribution in [3.8, 4) is 11.3 Å². The minimum absolute atomic E-state index is 0.0164. The average molecular weight is 435 g/mol. The molecule has 0 radical (unpaired) electrons. The Morgan fingerprint density at radius 3 is 2.56 bits per heavy atom. The van der Waals surface area contributed by atoms with E-state index in [1.807, 2.05) is 31.4 Å². The van der Waals surface area contributed by atoms with Crippen molar-refractivity contribution in [1.29, 1.82) is 0 Å². The zero-order valence-electron chi connectivity index (χ0n) is 18.7. The first-order valence-electron chi connectivity index (χ1n) is 11.4. The number of hydrogen-bond acceptors (Lipinski definition) is 7. The number of benzene rings is 1. The van der Waals surface area contributed by atoms with Gasteiger partial charge in [-0.25, -0.2) is 9.97 Å². The fraction of sp³-hybridized carbons (Fsp3) is 0.522. The zero-order valence-corrected chi connectivity index (χ0v) is 18.7. The summed E-state index contributed by atoms with van der Waals surface area (Å²) < 4.78 is 1.67. The summed E-state index contributed by atoms with van der Waals surface area (Å²) in [7, 11) is 4.03. The molecule has 2 aromatic heterocycles. The predicted octanol–water partition coefficient (Wildman–Crippen LogP) is 2.17. The number of hydrogen-bond donors (Lipinski definition) is 1. The third-order valence-electron chi connectivity index (χ3n) is 6.82. The maximum absolute atomic E-state index is 12.9.